The molecule has 0 spiro atoms. The smallest absolute Gasteiger partial charge is 0.256 e. The molecule has 0 saturated heterocycles. The van der Waals surface area contributed by atoms with Gasteiger partial charge in [0.05, 0.1) is 17.5 Å². The van der Waals surface area contributed by atoms with E-state index in [2.05, 4.69) is 10.5 Å². The SMILES string of the molecule is CCN(C(=O)c1cc(C)ccc1N/N=C\C=N)C(C)CN(N)CC(N)c1ccc(Cl)cc1. The summed E-state index contributed by atoms with van der Waals surface area (Å²) >= 11 is 5.94. The third-order valence-corrected chi connectivity index (χ3v) is 5.35. The molecule has 0 aromatic heterocycles. The molecule has 0 aliphatic rings. The molecule has 2 aromatic rings. The summed E-state index contributed by atoms with van der Waals surface area (Å²) in [5, 5.41) is 13.3. The van der Waals surface area contributed by atoms with Gasteiger partial charge in [-0.3, -0.25) is 16.1 Å². The number of nitrogens with zero attached hydrogens (tertiary/aromatic N) is 3. The molecule has 172 valence electrons. The van der Waals surface area contributed by atoms with Gasteiger partial charge in [0.1, 0.15) is 0 Å². The molecule has 2 unspecified atom stereocenters. The van der Waals surface area contributed by atoms with Crippen molar-refractivity contribution in [2.75, 3.05) is 25.1 Å². The predicted octanol–water partition coefficient (Wildman–Crippen LogP) is 3.42. The summed E-state index contributed by atoms with van der Waals surface area (Å²) in [7, 11) is 0. The van der Waals surface area contributed by atoms with E-state index in [-0.39, 0.29) is 18.0 Å². The topological polar surface area (TPSA) is 124 Å². The molecule has 2 aromatic carbocycles. The van der Waals surface area contributed by atoms with Crippen LogP contribution in [0.15, 0.2) is 47.6 Å². The number of nitrogens with two attached hydrogens (primary N) is 2. The summed E-state index contributed by atoms with van der Waals surface area (Å²) in [6, 6.07) is 12.5. The van der Waals surface area contributed by atoms with Crippen LogP contribution in [0.1, 0.15) is 41.4 Å². The van der Waals surface area contributed by atoms with Gasteiger partial charge in [0, 0.05) is 43.0 Å². The normalized spacial score (nSPS) is 13.2. The number of benzene rings is 2. The maximum absolute atomic E-state index is 13.4. The highest BCUT2D eigenvalue weighted by atomic mass is 35.5. The van der Waals surface area contributed by atoms with Gasteiger partial charge in [-0.15, -0.1) is 0 Å². The molecule has 2 rings (SSSR count). The summed E-state index contributed by atoms with van der Waals surface area (Å²) in [5.74, 6) is 6.13. The molecule has 8 nitrogen and oxygen atoms in total. The monoisotopic (exact) mass is 457 g/mol. The first-order chi connectivity index (χ1) is 15.3. The van der Waals surface area contributed by atoms with Crippen LogP contribution in [0, 0.1) is 12.3 Å². The number of carbonyl (C=O) groups excluding carboxylic acids is 1. The first-order valence-electron chi connectivity index (χ1n) is 10.5. The van der Waals surface area contributed by atoms with E-state index in [1.165, 1.54) is 6.21 Å². The van der Waals surface area contributed by atoms with Gasteiger partial charge in [0.2, 0.25) is 0 Å². The van der Waals surface area contributed by atoms with E-state index in [1.54, 1.807) is 22.0 Å². The number of hydrogen-bond acceptors (Lipinski definition) is 7. The van der Waals surface area contributed by atoms with Gasteiger partial charge in [0.15, 0.2) is 0 Å². The van der Waals surface area contributed by atoms with Crippen molar-refractivity contribution in [3.63, 3.8) is 0 Å². The maximum atomic E-state index is 13.4. The van der Waals surface area contributed by atoms with Crippen LogP contribution in [-0.4, -0.2) is 53.9 Å². The first-order valence-corrected chi connectivity index (χ1v) is 10.8. The fourth-order valence-corrected chi connectivity index (χ4v) is 3.59. The van der Waals surface area contributed by atoms with Crippen molar-refractivity contribution in [1.82, 2.24) is 9.91 Å². The van der Waals surface area contributed by atoms with Gasteiger partial charge in [-0.05, 0) is 50.6 Å². The lowest BCUT2D eigenvalue weighted by Gasteiger charge is -2.32. The van der Waals surface area contributed by atoms with Gasteiger partial charge in [0.25, 0.3) is 5.91 Å². The molecule has 1 amide bonds. The number of nitrogens with one attached hydrogen (secondary N) is 2. The van der Waals surface area contributed by atoms with Crippen molar-refractivity contribution in [3.8, 4) is 0 Å². The van der Waals surface area contributed by atoms with Crippen LogP contribution >= 0.6 is 11.6 Å². The minimum Gasteiger partial charge on any atom is -0.335 e. The minimum atomic E-state index is -0.269. The number of halogens is 1. The molecule has 32 heavy (non-hydrogen) atoms. The third-order valence-electron chi connectivity index (χ3n) is 5.10. The van der Waals surface area contributed by atoms with Crippen molar-refractivity contribution in [1.29, 1.82) is 5.41 Å². The van der Waals surface area contributed by atoms with Crippen LogP contribution in [-0.2, 0) is 0 Å². The van der Waals surface area contributed by atoms with E-state index < -0.39 is 0 Å². The molecule has 0 radical (unpaired) electrons. The number of amides is 1. The second-order valence-electron chi connectivity index (χ2n) is 7.66. The molecule has 0 saturated carbocycles. The molecule has 2 atom stereocenters. The van der Waals surface area contributed by atoms with Gasteiger partial charge >= 0.3 is 0 Å². The highest BCUT2D eigenvalue weighted by Crippen LogP contribution is 2.21. The van der Waals surface area contributed by atoms with Crippen LogP contribution in [0.3, 0.4) is 0 Å². The molecule has 6 N–H and O–H groups in total. The summed E-state index contributed by atoms with van der Waals surface area (Å²) < 4.78 is 0. The lowest BCUT2D eigenvalue weighted by atomic mass is 10.1. The third kappa shape index (κ3) is 7.13. The van der Waals surface area contributed by atoms with Crippen molar-refractivity contribution < 1.29 is 4.79 Å². The van der Waals surface area contributed by atoms with Crippen LogP contribution in [0.2, 0.25) is 5.02 Å². The average Bonchev–Trinajstić information content (AvgIpc) is 2.75. The van der Waals surface area contributed by atoms with Gasteiger partial charge in [-0.2, -0.15) is 5.10 Å². The number of hydrogen-bond donors (Lipinski definition) is 4. The number of rotatable bonds is 11. The summed E-state index contributed by atoms with van der Waals surface area (Å²) in [6.45, 7) is 7.25. The molecule has 9 heteroatoms. The molecule has 0 heterocycles. The van der Waals surface area contributed by atoms with Crippen molar-refractivity contribution in [2.45, 2.75) is 32.9 Å². The quantitative estimate of drug-likeness (QED) is 0.234. The Morgan fingerprint density at radius 3 is 2.56 bits per heavy atom. The fourth-order valence-electron chi connectivity index (χ4n) is 3.47. The number of carbonyl (C=O) groups is 1. The summed E-state index contributed by atoms with van der Waals surface area (Å²) in [5.41, 5.74) is 12.1. The Morgan fingerprint density at radius 2 is 1.94 bits per heavy atom. The van der Waals surface area contributed by atoms with Crippen LogP contribution in [0.5, 0.6) is 0 Å². The van der Waals surface area contributed by atoms with Crippen LogP contribution in [0.25, 0.3) is 0 Å². The Kier molecular flexibility index (Phi) is 9.80. The standard InChI is InChI=1S/C23H32ClN7O/c1-4-31(23(32)20-13-16(2)5-10-22(20)29-28-12-11-25)17(3)14-30(27)15-21(26)18-6-8-19(24)9-7-18/h5-13,17,21,25,29H,4,14-15,26-27H2,1-3H3/b25-11?,28-12-. The second kappa shape index (κ2) is 12.3. The maximum Gasteiger partial charge on any atom is 0.256 e. The number of hydrazone groups is 1. The number of likely N-dealkylation sites (N-methyl/N-ethyl adjacent to an activating group) is 1. The minimum absolute atomic E-state index is 0.119. The largest absolute Gasteiger partial charge is 0.335 e. The van der Waals surface area contributed by atoms with Gasteiger partial charge < -0.3 is 16.0 Å². The average molecular weight is 458 g/mol. The number of aryl methyl sites for hydroxylation is 1. The van der Waals surface area contributed by atoms with E-state index >= 15 is 0 Å². The summed E-state index contributed by atoms with van der Waals surface area (Å²) in [6.07, 6.45) is 2.37. The van der Waals surface area contributed by atoms with Crippen molar-refractivity contribution in [2.24, 2.45) is 16.7 Å². The van der Waals surface area contributed by atoms with Crippen molar-refractivity contribution >= 4 is 35.6 Å². The van der Waals surface area contributed by atoms with E-state index in [1.807, 2.05) is 51.1 Å². The Morgan fingerprint density at radius 1 is 1.25 bits per heavy atom. The molecular weight excluding hydrogens is 426 g/mol. The summed E-state index contributed by atoms with van der Waals surface area (Å²) in [4.78, 5) is 15.1. The molecule has 0 aliphatic heterocycles. The lowest BCUT2D eigenvalue weighted by molar-refractivity contribution is 0.0657. The Balaban J connectivity index is 2.09. The van der Waals surface area contributed by atoms with Crippen LogP contribution < -0.4 is 17.0 Å². The molecule has 0 fully saturated rings. The lowest BCUT2D eigenvalue weighted by Crippen LogP contribution is -2.49. The van der Waals surface area contributed by atoms with E-state index in [0.29, 0.717) is 35.9 Å². The van der Waals surface area contributed by atoms with Gasteiger partial charge in [-0.25, -0.2) is 5.01 Å². The number of anilines is 1. The number of hydrazine groups is 1. The molecule has 0 bridgehead atoms. The highest BCUT2D eigenvalue weighted by Gasteiger charge is 2.24. The Hall–Kier alpha value is -2.78. The zero-order valence-corrected chi connectivity index (χ0v) is 19.5. The zero-order valence-electron chi connectivity index (χ0n) is 18.8. The highest BCUT2D eigenvalue weighted by molar-refractivity contribution is 6.30. The van der Waals surface area contributed by atoms with Crippen LogP contribution in [0.4, 0.5) is 5.69 Å². The van der Waals surface area contributed by atoms with E-state index in [4.69, 9.17) is 28.6 Å². The molecule has 0 aliphatic carbocycles. The second-order valence-corrected chi connectivity index (χ2v) is 8.09. The predicted molar refractivity (Wildman–Crippen MR) is 132 cm³/mol. The Labute approximate surface area is 194 Å². The zero-order chi connectivity index (χ0) is 23.7. The Bertz CT molecular complexity index is 932. The van der Waals surface area contributed by atoms with Gasteiger partial charge in [-0.1, -0.05) is 35.4 Å². The molecular formula is C23H32ClN7O. The fraction of sp³-hybridized carbons (Fsp3) is 0.348. The van der Waals surface area contributed by atoms with E-state index in [9.17, 15) is 4.79 Å². The van der Waals surface area contributed by atoms with E-state index in [0.717, 1.165) is 17.3 Å². The van der Waals surface area contributed by atoms with Crippen molar-refractivity contribution in [3.05, 3.63) is 64.2 Å². The first kappa shape index (κ1) is 25.5.